The molecule has 15 heavy (non-hydrogen) atoms. The fraction of sp³-hybridized carbons (Fsp3) is 0.250. The maximum Gasteiger partial charge on any atom is 0.509 e. The minimum atomic E-state index is -5.29. The Bertz CT molecular complexity index is 349. The molecule has 0 fully saturated rings. The van der Waals surface area contributed by atoms with Gasteiger partial charge in [-0.1, -0.05) is 6.07 Å². The van der Waals surface area contributed by atoms with E-state index < -0.39 is 24.4 Å². The van der Waals surface area contributed by atoms with Gasteiger partial charge >= 0.3 is 6.98 Å². The summed E-state index contributed by atoms with van der Waals surface area (Å²) in [4.78, 5) is 0. The third-order valence-electron chi connectivity index (χ3n) is 1.82. The van der Waals surface area contributed by atoms with Crippen molar-refractivity contribution in [2.75, 3.05) is 7.11 Å². The molecule has 0 radical (unpaired) electrons. The number of methoxy groups -OCH3 is 1. The highest BCUT2D eigenvalue weighted by Crippen LogP contribution is 2.24. The average Bonchev–Trinajstić information content (AvgIpc) is 2.15. The van der Waals surface area contributed by atoms with Crippen molar-refractivity contribution in [1.82, 2.24) is 0 Å². The lowest BCUT2D eigenvalue weighted by molar-refractivity contribution is 0.151. The molecule has 0 aromatic heterocycles. The second kappa shape index (κ2) is 4.08. The van der Waals surface area contributed by atoms with E-state index >= 15 is 0 Å². The molecule has 7 heteroatoms. The largest absolute Gasteiger partial charge is 0.509 e. The first-order chi connectivity index (χ1) is 6.84. The summed E-state index contributed by atoms with van der Waals surface area (Å²) in [5.41, 5.74) is -1.77. The second-order valence-electron chi connectivity index (χ2n) is 2.91. The molecule has 1 rings (SSSR count). The van der Waals surface area contributed by atoms with Crippen LogP contribution in [0.4, 0.5) is 21.7 Å². The van der Waals surface area contributed by atoms with Crippen LogP contribution in [0.3, 0.4) is 0 Å². The summed E-state index contributed by atoms with van der Waals surface area (Å²) in [5.74, 6) is -0.220. The molecule has 0 unspecified atom stereocenters. The van der Waals surface area contributed by atoms with E-state index in [0.29, 0.717) is 12.1 Å². The van der Waals surface area contributed by atoms with Crippen molar-refractivity contribution in [2.45, 2.75) is 6.43 Å². The maximum absolute atomic E-state index is 12.3. The molecule has 0 aliphatic heterocycles. The van der Waals surface area contributed by atoms with Crippen LogP contribution in [0.25, 0.3) is 0 Å². The van der Waals surface area contributed by atoms with Crippen LogP contribution in [-0.2, 0) is 0 Å². The number of ether oxygens (including phenoxy) is 1. The van der Waals surface area contributed by atoms with E-state index in [2.05, 4.69) is 4.74 Å². The molecule has 0 spiro atoms. The molecular weight excluding hydrogens is 218 g/mol. The van der Waals surface area contributed by atoms with Crippen molar-refractivity contribution in [3.63, 3.8) is 0 Å². The summed E-state index contributed by atoms with van der Waals surface area (Å²) >= 11 is 0. The molecule has 84 valence electrons. The Morgan fingerprint density at radius 2 is 1.73 bits per heavy atom. The molecule has 1 aromatic carbocycles. The molecule has 1 nitrogen and oxygen atoms in total. The van der Waals surface area contributed by atoms with Crippen molar-refractivity contribution in [2.24, 2.45) is 0 Å². The first-order valence-electron chi connectivity index (χ1n) is 4.01. The van der Waals surface area contributed by atoms with Crippen LogP contribution in [0.15, 0.2) is 18.2 Å². The fourth-order valence-corrected chi connectivity index (χ4v) is 1.08. The molecule has 0 aliphatic carbocycles. The lowest BCUT2D eigenvalue weighted by Gasteiger charge is -2.17. The zero-order chi connectivity index (χ0) is 11.6. The minimum absolute atomic E-state index is 0.220. The van der Waals surface area contributed by atoms with E-state index in [-0.39, 0.29) is 5.75 Å². The molecule has 0 saturated heterocycles. The van der Waals surface area contributed by atoms with Crippen LogP contribution < -0.4 is 10.2 Å². The van der Waals surface area contributed by atoms with Gasteiger partial charge in [-0.25, -0.2) is 8.78 Å². The lowest BCUT2D eigenvalue weighted by Crippen LogP contribution is -2.34. The molecular formula is C8H7BF5O-. The standard InChI is InChI=1S/C8H7BF5O/c1-15-7-3-5(8(10)11)2-6(4-7)9(12,13)14/h2-4,8H,1H3/q-1. The van der Waals surface area contributed by atoms with Crippen molar-refractivity contribution >= 4 is 12.4 Å². The van der Waals surface area contributed by atoms with Crippen molar-refractivity contribution in [3.05, 3.63) is 23.8 Å². The summed E-state index contributed by atoms with van der Waals surface area (Å²) < 4.78 is 65.9. The predicted octanol–water partition coefficient (Wildman–Crippen LogP) is 2.69. The topological polar surface area (TPSA) is 9.23 Å². The van der Waals surface area contributed by atoms with Gasteiger partial charge in [-0.05, 0) is 12.1 Å². The Hall–Kier alpha value is -1.27. The Morgan fingerprint density at radius 3 is 2.13 bits per heavy atom. The van der Waals surface area contributed by atoms with E-state index in [1.54, 1.807) is 0 Å². The van der Waals surface area contributed by atoms with Gasteiger partial charge in [0.05, 0.1) is 7.11 Å². The van der Waals surface area contributed by atoms with E-state index in [0.717, 1.165) is 13.2 Å². The third kappa shape index (κ3) is 2.84. The van der Waals surface area contributed by atoms with Crippen LogP contribution in [0.1, 0.15) is 12.0 Å². The normalized spacial score (nSPS) is 11.9. The fourth-order valence-electron chi connectivity index (χ4n) is 1.08. The van der Waals surface area contributed by atoms with Gasteiger partial charge < -0.3 is 17.7 Å². The van der Waals surface area contributed by atoms with Crippen LogP contribution in [0.5, 0.6) is 5.75 Å². The van der Waals surface area contributed by atoms with Crippen molar-refractivity contribution in [3.8, 4) is 5.75 Å². The monoisotopic (exact) mass is 225 g/mol. The number of rotatable bonds is 3. The van der Waals surface area contributed by atoms with Gasteiger partial charge in [0.2, 0.25) is 0 Å². The van der Waals surface area contributed by atoms with Crippen LogP contribution in [0, 0.1) is 0 Å². The molecule has 0 amide bonds. The van der Waals surface area contributed by atoms with Crippen LogP contribution >= 0.6 is 0 Å². The summed E-state index contributed by atoms with van der Waals surface area (Å²) in [7, 11) is 1.12. The van der Waals surface area contributed by atoms with E-state index in [1.807, 2.05) is 0 Å². The quantitative estimate of drug-likeness (QED) is 0.567. The highest BCUT2D eigenvalue weighted by molar-refractivity contribution is 6.73. The van der Waals surface area contributed by atoms with Gasteiger partial charge in [0.25, 0.3) is 6.43 Å². The number of benzene rings is 1. The molecule has 0 aliphatic rings. The molecule has 0 saturated carbocycles. The van der Waals surface area contributed by atoms with E-state index in [9.17, 15) is 21.7 Å². The Morgan fingerprint density at radius 1 is 1.13 bits per heavy atom. The highest BCUT2D eigenvalue weighted by Gasteiger charge is 2.27. The number of halogens is 5. The van der Waals surface area contributed by atoms with Gasteiger partial charge in [0.1, 0.15) is 5.75 Å². The van der Waals surface area contributed by atoms with E-state index in [4.69, 9.17) is 0 Å². The van der Waals surface area contributed by atoms with Crippen LogP contribution in [-0.4, -0.2) is 14.1 Å². The smallest absolute Gasteiger partial charge is 0.497 e. The van der Waals surface area contributed by atoms with Gasteiger partial charge in [-0.2, -0.15) is 0 Å². The zero-order valence-corrected chi connectivity index (χ0v) is 7.68. The zero-order valence-electron chi connectivity index (χ0n) is 7.68. The predicted molar refractivity (Wildman–Crippen MR) is 46.7 cm³/mol. The van der Waals surface area contributed by atoms with Crippen molar-refractivity contribution < 1.29 is 26.5 Å². The Kier molecular flexibility index (Phi) is 3.21. The summed E-state index contributed by atoms with van der Waals surface area (Å²) in [6, 6.07) is 2.02. The van der Waals surface area contributed by atoms with E-state index in [1.165, 1.54) is 0 Å². The maximum atomic E-state index is 12.3. The molecule has 1 aromatic rings. The van der Waals surface area contributed by atoms with Gasteiger partial charge in [-0.15, -0.1) is 5.46 Å². The lowest BCUT2D eigenvalue weighted by atomic mass is 9.79. The summed E-state index contributed by atoms with van der Waals surface area (Å²) in [5, 5.41) is 0. The summed E-state index contributed by atoms with van der Waals surface area (Å²) in [6.07, 6.45) is -2.95. The first-order valence-corrected chi connectivity index (χ1v) is 4.01. The van der Waals surface area contributed by atoms with Crippen molar-refractivity contribution in [1.29, 1.82) is 0 Å². The first kappa shape index (κ1) is 11.8. The molecule has 0 heterocycles. The van der Waals surface area contributed by atoms with Gasteiger partial charge in [-0.3, -0.25) is 0 Å². The molecule has 0 atom stereocenters. The minimum Gasteiger partial charge on any atom is -0.497 e. The summed E-state index contributed by atoms with van der Waals surface area (Å²) in [6.45, 7) is -5.29. The molecule has 0 bridgehead atoms. The Labute approximate surface area is 82.9 Å². The number of hydrogen-bond acceptors (Lipinski definition) is 1. The van der Waals surface area contributed by atoms with Gasteiger partial charge in [0.15, 0.2) is 0 Å². The average molecular weight is 225 g/mol. The molecule has 0 N–H and O–H groups in total. The Balaban J connectivity index is 3.23. The highest BCUT2D eigenvalue weighted by atomic mass is 19.4. The number of alkyl halides is 2. The SMILES string of the molecule is COc1cc(C(F)F)cc([B-](F)(F)F)c1. The van der Waals surface area contributed by atoms with Crippen LogP contribution in [0.2, 0.25) is 0 Å². The van der Waals surface area contributed by atoms with Gasteiger partial charge in [0, 0.05) is 5.56 Å². The second-order valence-corrected chi connectivity index (χ2v) is 2.91. The number of hydrogen-bond donors (Lipinski definition) is 0. The third-order valence-corrected chi connectivity index (χ3v) is 1.82.